The maximum atomic E-state index is 12.2. The summed E-state index contributed by atoms with van der Waals surface area (Å²) in [6, 6.07) is -1.73. The molecule has 12 heteroatoms. The lowest BCUT2D eigenvalue weighted by Gasteiger charge is -2.15. The number of unbranched alkanes of at least 4 members (excludes halogenated alkanes) is 10. The molecule has 0 heterocycles. The number of hydrogen-bond donors (Lipinski definition) is 7. The number of carbonyl (C=O) groups excluding carboxylic acids is 3. The van der Waals surface area contributed by atoms with Gasteiger partial charge in [0.15, 0.2) is 0 Å². The second kappa shape index (κ2) is 22.5. The lowest BCUT2D eigenvalue weighted by atomic mass is 10.0. The molecule has 9 N–H and O–H groups in total. The van der Waals surface area contributed by atoms with Gasteiger partial charge in [-0.25, -0.2) is 5.43 Å². The van der Waals surface area contributed by atoms with Crippen LogP contribution in [0.1, 0.15) is 109 Å². The number of carbonyl (C=O) groups is 5. The van der Waals surface area contributed by atoms with Crippen molar-refractivity contribution in [2.24, 2.45) is 11.6 Å². The number of amides is 3. The van der Waals surface area contributed by atoms with Crippen molar-refractivity contribution in [2.75, 3.05) is 6.54 Å². The zero-order valence-electron chi connectivity index (χ0n) is 22.0. The lowest BCUT2D eigenvalue weighted by molar-refractivity contribution is -0.140. The second-order valence-corrected chi connectivity index (χ2v) is 9.39. The Hall–Kier alpha value is -2.73. The number of carboxylic acids is 2. The average molecular weight is 530 g/mol. The molecular formula is C25H47N5O7. The highest BCUT2D eigenvalue weighted by atomic mass is 16.4. The van der Waals surface area contributed by atoms with E-state index in [9.17, 15) is 24.0 Å². The van der Waals surface area contributed by atoms with Crippen LogP contribution in [-0.4, -0.2) is 58.5 Å². The van der Waals surface area contributed by atoms with Gasteiger partial charge >= 0.3 is 11.9 Å². The molecule has 0 saturated carbocycles. The third-order valence-corrected chi connectivity index (χ3v) is 6.12. The summed E-state index contributed by atoms with van der Waals surface area (Å²) in [5, 5.41) is 22.8. The van der Waals surface area contributed by atoms with E-state index in [1.165, 1.54) is 0 Å². The van der Waals surface area contributed by atoms with Crippen LogP contribution in [0, 0.1) is 0 Å². The summed E-state index contributed by atoms with van der Waals surface area (Å²) in [4.78, 5) is 57.1. The quantitative estimate of drug-likeness (QED) is 0.0520. The number of hydrazine groups is 1. The van der Waals surface area contributed by atoms with Crippen LogP contribution in [0.25, 0.3) is 0 Å². The van der Waals surface area contributed by atoms with Gasteiger partial charge in [0.2, 0.25) is 17.7 Å². The predicted octanol–water partition coefficient (Wildman–Crippen LogP) is 1.71. The molecule has 0 aliphatic carbocycles. The van der Waals surface area contributed by atoms with Gasteiger partial charge < -0.3 is 26.6 Å². The van der Waals surface area contributed by atoms with Crippen LogP contribution < -0.4 is 27.6 Å². The lowest BCUT2D eigenvalue weighted by Crippen LogP contribution is -2.45. The Bertz CT molecular complexity index is 690. The summed E-state index contributed by atoms with van der Waals surface area (Å²) in [6.45, 7) is 0.371. The average Bonchev–Trinajstić information content (AvgIpc) is 2.83. The van der Waals surface area contributed by atoms with E-state index in [-0.39, 0.29) is 31.1 Å². The smallest absolute Gasteiger partial charge is 0.322 e. The Morgan fingerprint density at radius 1 is 0.622 bits per heavy atom. The number of carboxylic acid groups (broad SMARTS) is 2. The minimum atomic E-state index is -1.03. The van der Waals surface area contributed by atoms with Crippen molar-refractivity contribution in [3.63, 3.8) is 0 Å². The number of primary amides is 1. The summed E-state index contributed by atoms with van der Waals surface area (Å²) in [7, 11) is 0. The number of aliphatic carboxylic acids is 2. The van der Waals surface area contributed by atoms with Crippen molar-refractivity contribution in [1.82, 2.24) is 16.1 Å². The predicted molar refractivity (Wildman–Crippen MR) is 139 cm³/mol. The summed E-state index contributed by atoms with van der Waals surface area (Å²) in [5.41, 5.74) is 7.59. The van der Waals surface area contributed by atoms with Gasteiger partial charge in [-0.05, 0) is 38.5 Å². The molecule has 0 aromatic heterocycles. The van der Waals surface area contributed by atoms with E-state index in [0.717, 1.165) is 64.2 Å². The summed E-state index contributed by atoms with van der Waals surface area (Å²) in [6.07, 6.45) is 12.1. The molecule has 0 saturated heterocycles. The van der Waals surface area contributed by atoms with Crippen molar-refractivity contribution in [2.45, 2.75) is 121 Å². The van der Waals surface area contributed by atoms with Gasteiger partial charge in [0.25, 0.3) is 0 Å². The molecule has 0 fully saturated rings. The molecule has 2 atom stereocenters. The Balaban J connectivity index is 3.84. The van der Waals surface area contributed by atoms with E-state index < -0.39 is 29.9 Å². The third-order valence-electron chi connectivity index (χ3n) is 6.12. The second-order valence-electron chi connectivity index (χ2n) is 9.39. The molecule has 0 bridgehead atoms. The zero-order valence-corrected chi connectivity index (χ0v) is 22.0. The van der Waals surface area contributed by atoms with Crippen LogP contribution in [0.15, 0.2) is 0 Å². The molecule has 3 amide bonds. The first-order chi connectivity index (χ1) is 17.7. The van der Waals surface area contributed by atoms with Gasteiger partial charge in [-0.2, -0.15) is 0 Å². The fraction of sp³-hybridized carbons (Fsp3) is 0.800. The molecule has 0 radical (unpaired) electrons. The summed E-state index contributed by atoms with van der Waals surface area (Å²) >= 11 is 0. The molecule has 0 aliphatic rings. The number of nitrogens with one attached hydrogen (secondary N) is 3. The molecule has 37 heavy (non-hydrogen) atoms. The van der Waals surface area contributed by atoms with E-state index >= 15 is 0 Å². The van der Waals surface area contributed by atoms with Gasteiger partial charge in [-0.15, -0.1) is 0 Å². The Labute approximate surface area is 219 Å². The maximum absolute atomic E-state index is 12.2. The van der Waals surface area contributed by atoms with Crippen molar-refractivity contribution < 1.29 is 34.2 Å². The van der Waals surface area contributed by atoms with Crippen LogP contribution in [0.4, 0.5) is 0 Å². The highest BCUT2D eigenvalue weighted by Crippen LogP contribution is 2.12. The van der Waals surface area contributed by atoms with Gasteiger partial charge in [-0.3, -0.25) is 29.8 Å². The van der Waals surface area contributed by atoms with Gasteiger partial charge in [0, 0.05) is 25.8 Å². The fourth-order valence-corrected chi connectivity index (χ4v) is 3.87. The van der Waals surface area contributed by atoms with E-state index in [1.807, 2.05) is 0 Å². The standard InChI is InChI=1S/C25H47N5O7/c26-24(35)19(16-17-21(31)28-18-12-11-13-20(30-27)25(36)37)29-22(32)14-9-7-5-3-1-2-4-6-8-10-15-23(33)34/h19-20,30H,1-18,27H2,(H2,26,35)(H,28,31)(H,29,32)(H,33,34)(H,36,37)/t19-,20-/m0/s1. The van der Waals surface area contributed by atoms with Gasteiger partial charge in [0.05, 0.1) is 0 Å². The number of nitrogens with two attached hydrogens (primary N) is 2. The molecular weight excluding hydrogens is 482 g/mol. The van der Waals surface area contributed by atoms with E-state index in [1.54, 1.807) is 0 Å². The molecule has 0 aromatic rings. The van der Waals surface area contributed by atoms with Crippen LogP contribution >= 0.6 is 0 Å². The third kappa shape index (κ3) is 21.1. The number of hydrogen-bond acceptors (Lipinski definition) is 7. The van der Waals surface area contributed by atoms with Crippen LogP contribution in [0.3, 0.4) is 0 Å². The first-order valence-electron chi connectivity index (χ1n) is 13.4. The first kappa shape index (κ1) is 34.3. The Morgan fingerprint density at radius 3 is 1.65 bits per heavy atom. The Kier molecular flexibility index (Phi) is 20.8. The van der Waals surface area contributed by atoms with Gasteiger partial charge in [-0.1, -0.05) is 51.4 Å². The number of rotatable bonds is 25. The molecule has 0 aliphatic heterocycles. The van der Waals surface area contributed by atoms with E-state index in [2.05, 4.69) is 16.1 Å². The van der Waals surface area contributed by atoms with Crippen LogP contribution in [0.2, 0.25) is 0 Å². The van der Waals surface area contributed by atoms with Crippen LogP contribution in [-0.2, 0) is 24.0 Å². The first-order valence-corrected chi connectivity index (χ1v) is 13.4. The van der Waals surface area contributed by atoms with Crippen molar-refractivity contribution >= 4 is 29.7 Å². The highest BCUT2D eigenvalue weighted by Gasteiger charge is 2.19. The molecule has 0 rings (SSSR count). The van der Waals surface area contributed by atoms with Crippen molar-refractivity contribution in [3.8, 4) is 0 Å². The maximum Gasteiger partial charge on any atom is 0.322 e. The zero-order chi connectivity index (χ0) is 27.9. The molecule has 0 unspecified atom stereocenters. The monoisotopic (exact) mass is 529 g/mol. The normalized spacial score (nSPS) is 12.5. The molecule has 214 valence electrons. The van der Waals surface area contributed by atoms with Crippen LogP contribution in [0.5, 0.6) is 0 Å². The topological polar surface area (TPSA) is 214 Å². The summed E-state index contributed by atoms with van der Waals surface area (Å²) in [5.74, 6) is 2.19. The van der Waals surface area contributed by atoms with Gasteiger partial charge in [0.1, 0.15) is 12.1 Å². The Morgan fingerprint density at radius 2 is 1.16 bits per heavy atom. The molecule has 0 spiro atoms. The minimum absolute atomic E-state index is 0.0373. The highest BCUT2D eigenvalue weighted by molar-refractivity contribution is 5.87. The summed E-state index contributed by atoms with van der Waals surface area (Å²) < 4.78 is 0. The SMILES string of the molecule is NN[C@@H](CCCCNC(=O)CC[C@H](NC(=O)CCCCCCCCCCCCC(=O)O)C(N)=O)C(=O)O. The minimum Gasteiger partial charge on any atom is -0.481 e. The van der Waals surface area contributed by atoms with Crippen molar-refractivity contribution in [1.29, 1.82) is 0 Å². The van der Waals surface area contributed by atoms with E-state index in [0.29, 0.717) is 32.2 Å². The van der Waals surface area contributed by atoms with E-state index in [4.69, 9.17) is 21.8 Å². The molecule has 12 nitrogen and oxygen atoms in total. The largest absolute Gasteiger partial charge is 0.481 e. The van der Waals surface area contributed by atoms with Crippen molar-refractivity contribution in [3.05, 3.63) is 0 Å². The fourth-order valence-electron chi connectivity index (χ4n) is 3.87. The molecule has 0 aromatic carbocycles.